The number of fused-ring (bicyclic) bond motifs is 1. The van der Waals surface area contributed by atoms with Crippen LogP contribution in [0.3, 0.4) is 0 Å². The van der Waals surface area contributed by atoms with Crippen molar-refractivity contribution in [3.8, 4) is 5.75 Å². The summed E-state index contributed by atoms with van der Waals surface area (Å²) >= 11 is 0. The molecule has 4 heterocycles. The second-order valence-corrected chi connectivity index (χ2v) is 11.6. The zero-order valence-corrected chi connectivity index (χ0v) is 23.6. The molecule has 2 aromatic carbocycles. The van der Waals surface area contributed by atoms with Gasteiger partial charge in [0, 0.05) is 56.3 Å². The number of hydrogen-bond donors (Lipinski definition) is 2. The predicted molar refractivity (Wildman–Crippen MR) is 155 cm³/mol. The molecular weight excluding hydrogens is 520 g/mol. The lowest BCUT2D eigenvalue weighted by molar-refractivity contribution is -0.136. The molecule has 2 N–H and O–H groups in total. The molecule has 9 nitrogen and oxygen atoms in total. The zero-order chi connectivity index (χ0) is 28.2. The highest BCUT2D eigenvalue weighted by atomic mass is 16.5. The summed E-state index contributed by atoms with van der Waals surface area (Å²) in [5, 5.41) is 5.63. The Kier molecular flexibility index (Phi) is 8.53. The Bertz CT molecular complexity index is 1250. The van der Waals surface area contributed by atoms with Crippen molar-refractivity contribution in [2.24, 2.45) is 0 Å². The van der Waals surface area contributed by atoms with E-state index in [2.05, 4.69) is 39.8 Å². The molecule has 1 aliphatic carbocycles. The first-order valence-electron chi connectivity index (χ1n) is 15.1. The zero-order valence-electron chi connectivity index (χ0n) is 23.6. The van der Waals surface area contributed by atoms with Crippen molar-refractivity contribution in [3.05, 3.63) is 59.2 Å². The smallest absolute Gasteiger partial charge is 0.255 e. The average molecular weight is 561 g/mol. The van der Waals surface area contributed by atoms with Crippen LogP contribution in [0.2, 0.25) is 0 Å². The lowest BCUT2D eigenvalue weighted by Crippen LogP contribution is -2.52. The number of rotatable bonds is 5. The molecule has 1 unspecified atom stereocenters. The molecule has 1 atom stereocenters. The van der Waals surface area contributed by atoms with Crippen molar-refractivity contribution in [2.75, 3.05) is 44.3 Å². The monoisotopic (exact) mass is 560 g/mol. The quantitative estimate of drug-likeness (QED) is 0.541. The summed E-state index contributed by atoms with van der Waals surface area (Å²) in [5.41, 5.74) is 4.32. The van der Waals surface area contributed by atoms with Gasteiger partial charge in [0.15, 0.2) is 0 Å². The molecule has 5 aliphatic rings. The highest BCUT2D eigenvalue weighted by Gasteiger charge is 2.39. The summed E-state index contributed by atoms with van der Waals surface area (Å²) in [6.45, 7) is 6.41. The second kappa shape index (κ2) is 12.6. The number of piperidine rings is 1. The fraction of sp³-hybridized carbons (Fsp3) is 0.531. The Hall–Kier alpha value is -3.43. The van der Waals surface area contributed by atoms with Crippen LogP contribution >= 0.6 is 0 Å². The SMILES string of the molecule is O=C1CCC(N2Cc3cc(OC4CCCCC4)ccc3C2=O)C(=O)N1.c1cc(N2CCOCC2)ccc1C1CNC1. The summed E-state index contributed by atoms with van der Waals surface area (Å²) in [6.07, 6.45) is 6.77. The van der Waals surface area contributed by atoms with Gasteiger partial charge in [-0.15, -0.1) is 0 Å². The highest BCUT2D eigenvalue weighted by Crippen LogP contribution is 2.32. The van der Waals surface area contributed by atoms with Gasteiger partial charge < -0.3 is 24.6 Å². The summed E-state index contributed by atoms with van der Waals surface area (Å²) in [6, 6.07) is 14.0. The van der Waals surface area contributed by atoms with Crippen LogP contribution in [-0.4, -0.2) is 74.2 Å². The van der Waals surface area contributed by atoms with Crippen LogP contribution in [-0.2, 0) is 20.9 Å². The number of hydrogen-bond acceptors (Lipinski definition) is 7. The van der Waals surface area contributed by atoms with E-state index in [1.165, 1.54) is 30.5 Å². The molecular formula is C32H40N4O5. The van der Waals surface area contributed by atoms with Crippen molar-refractivity contribution in [2.45, 2.75) is 69.6 Å². The number of nitrogens with one attached hydrogen (secondary N) is 2. The first kappa shape index (κ1) is 27.7. The molecule has 3 saturated heterocycles. The number of benzene rings is 2. The maximum atomic E-state index is 12.6. The van der Waals surface area contributed by atoms with Crippen molar-refractivity contribution in [1.29, 1.82) is 0 Å². The maximum Gasteiger partial charge on any atom is 0.255 e. The normalized spacial score (nSPS) is 23.3. The van der Waals surface area contributed by atoms with Gasteiger partial charge in [0.05, 0.1) is 19.3 Å². The van der Waals surface area contributed by atoms with Crippen LogP contribution < -0.4 is 20.3 Å². The number of nitrogens with zero attached hydrogens (tertiary/aromatic N) is 2. The first-order chi connectivity index (χ1) is 20.0. The van der Waals surface area contributed by atoms with E-state index in [1.807, 2.05) is 12.1 Å². The van der Waals surface area contributed by atoms with Crippen LogP contribution in [0.25, 0.3) is 0 Å². The molecule has 218 valence electrons. The van der Waals surface area contributed by atoms with Crippen molar-refractivity contribution in [3.63, 3.8) is 0 Å². The minimum Gasteiger partial charge on any atom is -0.490 e. The van der Waals surface area contributed by atoms with E-state index in [0.29, 0.717) is 18.5 Å². The van der Waals surface area contributed by atoms with Gasteiger partial charge in [-0.25, -0.2) is 0 Å². The topological polar surface area (TPSA) is 100 Å². The molecule has 2 aromatic rings. The Morgan fingerprint density at radius 2 is 1.63 bits per heavy atom. The van der Waals surface area contributed by atoms with Gasteiger partial charge in [-0.3, -0.25) is 19.7 Å². The summed E-state index contributed by atoms with van der Waals surface area (Å²) in [4.78, 5) is 40.0. The first-order valence-corrected chi connectivity index (χ1v) is 15.1. The third-order valence-corrected chi connectivity index (χ3v) is 8.87. The minimum absolute atomic E-state index is 0.145. The van der Waals surface area contributed by atoms with Gasteiger partial charge in [0.2, 0.25) is 11.8 Å². The van der Waals surface area contributed by atoms with E-state index in [4.69, 9.17) is 9.47 Å². The van der Waals surface area contributed by atoms with E-state index in [9.17, 15) is 14.4 Å². The number of anilines is 1. The molecule has 0 radical (unpaired) electrons. The Morgan fingerprint density at radius 1 is 0.878 bits per heavy atom. The maximum absolute atomic E-state index is 12.6. The largest absolute Gasteiger partial charge is 0.490 e. The van der Waals surface area contributed by atoms with Gasteiger partial charge in [-0.1, -0.05) is 18.6 Å². The number of ether oxygens (including phenoxy) is 2. The van der Waals surface area contributed by atoms with Gasteiger partial charge in [-0.2, -0.15) is 0 Å². The molecule has 0 aromatic heterocycles. The number of amides is 3. The summed E-state index contributed by atoms with van der Waals surface area (Å²) in [7, 11) is 0. The Morgan fingerprint density at radius 3 is 2.32 bits per heavy atom. The molecule has 1 saturated carbocycles. The third-order valence-electron chi connectivity index (χ3n) is 8.87. The number of imide groups is 1. The number of carbonyl (C=O) groups excluding carboxylic acids is 3. The molecule has 4 fully saturated rings. The lowest BCUT2D eigenvalue weighted by atomic mass is 9.93. The molecule has 7 rings (SSSR count). The van der Waals surface area contributed by atoms with Gasteiger partial charge in [-0.05, 0) is 73.6 Å². The van der Waals surface area contributed by atoms with Gasteiger partial charge in [0.1, 0.15) is 11.8 Å². The van der Waals surface area contributed by atoms with E-state index in [0.717, 1.165) is 69.5 Å². The Labute approximate surface area is 241 Å². The number of morpholine rings is 1. The highest BCUT2D eigenvalue weighted by molar-refractivity contribution is 6.05. The number of carbonyl (C=O) groups is 3. The van der Waals surface area contributed by atoms with Crippen LogP contribution in [0, 0.1) is 0 Å². The molecule has 9 heteroatoms. The molecule has 3 amide bonds. The minimum atomic E-state index is -0.569. The summed E-state index contributed by atoms with van der Waals surface area (Å²) in [5.74, 6) is 0.737. The fourth-order valence-electron chi connectivity index (χ4n) is 6.30. The van der Waals surface area contributed by atoms with Crippen molar-refractivity contribution < 1.29 is 23.9 Å². The predicted octanol–water partition coefficient (Wildman–Crippen LogP) is 3.37. The third kappa shape index (κ3) is 6.41. The molecule has 41 heavy (non-hydrogen) atoms. The van der Waals surface area contributed by atoms with E-state index < -0.39 is 6.04 Å². The standard InChI is InChI=1S/C19H22N2O4.C13H18N2O/c22-17-9-8-16(18(23)20-17)21-11-12-10-14(6-7-15(12)19(21)24)25-13-4-2-1-3-5-13;1-3-13(15-5-7-16-8-6-15)4-2-11(1)12-9-14-10-12/h6-7,10,13,16H,1-5,8-9,11H2,(H,20,22,23);1-4,12,14H,5-10H2. The van der Waals surface area contributed by atoms with Crippen LogP contribution in [0.15, 0.2) is 42.5 Å². The Balaban J connectivity index is 0.000000162. The molecule has 0 bridgehead atoms. The molecule has 4 aliphatic heterocycles. The second-order valence-electron chi connectivity index (χ2n) is 11.6. The van der Waals surface area contributed by atoms with Gasteiger partial charge >= 0.3 is 0 Å². The van der Waals surface area contributed by atoms with Crippen molar-refractivity contribution in [1.82, 2.24) is 15.5 Å². The van der Waals surface area contributed by atoms with Crippen LogP contribution in [0.4, 0.5) is 5.69 Å². The van der Waals surface area contributed by atoms with E-state index in [-0.39, 0.29) is 30.2 Å². The average Bonchev–Trinajstić information content (AvgIpc) is 3.29. The fourth-order valence-corrected chi connectivity index (χ4v) is 6.30. The van der Waals surface area contributed by atoms with Crippen LogP contribution in [0.5, 0.6) is 5.75 Å². The molecule has 0 spiro atoms. The summed E-state index contributed by atoms with van der Waals surface area (Å²) < 4.78 is 11.4. The van der Waals surface area contributed by atoms with Crippen LogP contribution in [0.1, 0.15) is 72.3 Å². The van der Waals surface area contributed by atoms with E-state index in [1.54, 1.807) is 11.0 Å². The van der Waals surface area contributed by atoms with Crippen molar-refractivity contribution >= 4 is 23.4 Å². The van der Waals surface area contributed by atoms with Gasteiger partial charge in [0.25, 0.3) is 5.91 Å². The lowest BCUT2D eigenvalue weighted by Gasteiger charge is -2.30. The van der Waals surface area contributed by atoms with E-state index >= 15 is 0 Å².